The molecule has 0 fully saturated rings. The van der Waals surface area contributed by atoms with Crippen molar-refractivity contribution in [3.8, 4) is 0 Å². The zero-order valence-electron chi connectivity index (χ0n) is 9.24. The summed E-state index contributed by atoms with van der Waals surface area (Å²) in [5.74, 6) is -0.590. The average Bonchev–Trinajstić information content (AvgIpc) is 2.00. The van der Waals surface area contributed by atoms with E-state index in [4.69, 9.17) is 4.74 Å². The third-order valence-electron chi connectivity index (χ3n) is 1.60. The molecule has 0 amide bonds. The Morgan fingerprint density at radius 3 is 1.80 bits per heavy atom. The number of carbonyl (C=O) groups is 3. The third kappa shape index (κ3) is 9.08. The quantitative estimate of drug-likeness (QED) is 0.466. The summed E-state index contributed by atoms with van der Waals surface area (Å²) in [6, 6.07) is 0. The molecule has 0 aromatic carbocycles. The van der Waals surface area contributed by atoms with Crippen LogP contribution in [0.4, 0.5) is 0 Å². The molecule has 5 nitrogen and oxygen atoms in total. The first kappa shape index (κ1) is 13.8. The summed E-state index contributed by atoms with van der Waals surface area (Å²) in [7, 11) is 0. The van der Waals surface area contributed by atoms with E-state index < -0.39 is 12.1 Å². The molecule has 0 aliphatic rings. The second-order valence-electron chi connectivity index (χ2n) is 3.35. The van der Waals surface area contributed by atoms with Gasteiger partial charge >= 0.3 is 5.97 Å². The lowest BCUT2D eigenvalue weighted by Gasteiger charge is -2.14. The van der Waals surface area contributed by atoms with Crippen LogP contribution in [0.15, 0.2) is 0 Å². The van der Waals surface area contributed by atoms with Crippen LogP contribution in [0.25, 0.3) is 0 Å². The van der Waals surface area contributed by atoms with Gasteiger partial charge in [-0.25, -0.2) is 0 Å². The molecule has 15 heavy (non-hydrogen) atoms. The maximum atomic E-state index is 10.8. The average molecular weight is 216 g/mol. The monoisotopic (exact) mass is 216 g/mol. The van der Waals surface area contributed by atoms with Crippen molar-refractivity contribution in [1.29, 1.82) is 0 Å². The summed E-state index contributed by atoms with van der Waals surface area (Å²) < 4.78 is 9.64. The van der Waals surface area contributed by atoms with E-state index in [-0.39, 0.29) is 31.2 Å². The highest BCUT2D eigenvalue weighted by molar-refractivity contribution is 5.79. The highest BCUT2D eigenvalue weighted by Crippen LogP contribution is 2.05. The van der Waals surface area contributed by atoms with Gasteiger partial charge in [-0.2, -0.15) is 0 Å². The van der Waals surface area contributed by atoms with Gasteiger partial charge in [-0.1, -0.05) is 0 Å². The van der Waals surface area contributed by atoms with E-state index in [1.54, 1.807) is 0 Å². The number of esters is 1. The van der Waals surface area contributed by atoms with Gasteiger partial charge in [0.15, 0.2) is 6.79 Å². The number of rotatable bonds is 7. The zero-order valence-corrected chi connectivity index (χ0v) is 9.24. The largest absolute Gasteiger partial charge is 0.439 e. The number of Topliss-reactive ketones (excluding diaryl/α,β-unsaturated/α-hetero) is 2. The SMILES string of the molecule is CC(=O)CC(CC(C)=O)OCOC(C)=O. The van der Waals surface area contributed by atoms with Crippen molar-refractivity contribution >= 4 is 17.5 Å². The van der Waals surface area contributed by atoms with Crippen molar-refractivity contribution in [2.24, 2.45) is 0 Å². The van der Waals surface area contributed by atoms with Crippen LogP contribution in [0.1, 0.15) is 33.6 Å². The molecule has 0 saturated carbocycles. The lowest BCUT2D eigenvalue weighted by atomic mass is 10.1. The Kier molecular flexibility index (Phi) is 6.53. The van der Waals surface area contributed by atoms with Crippen LogP contribution in [-0.2, 0) is 23.9 Å². The lowest BCUT2D eigenvalue weighted by molar-refractivity contribution is -0.159. The molecule has 0 heterocycles. The molecule has 0 saturated heterocycles. The molecule has 0 aromatic rings. The van der Waals surface area contributed by atoms with Crippen molar-refractivity contribution < 1.29 is 23.9 Å². The molecular formula is C10H16O5. The van der Waals surface area contributed by atoms with Gasteiger partial charge in [-0.15, -0.1) is 0 Å². The molecule has 0 aliphatic heterocycles. The second-order valence-corrected chi connectivity index (χ2v) is 3.35. The van der Waals surface area contributed by atoms with E-state index in [1.165, 1.54) is 20.8 Å². The first-order chi connectivity index (χ1) is 6.91. The van der Waals surface area contributed by atoms with E-state index in [9.17, 15) is 14.4 Å². The zero-order chi connectivity index (χ0) is 11.8. The molecule has 86 valence electrons. The summed E-state index contributed by atoms with van der Waals surface area (Å²) in [5, 5.41) is 0. The molecule has 0 radical (unpaired) electrons. The highest BCUT2D eigenvalue weighted by Gasteiger charge is 2.14. The van der Waals surface area contributed by atoms with Crippen molar-refractivity contribution in [3.63, 3.8) is 0 Å². The minimum absolute atomic E-state index is 0.0657. The molecule has 0 rings (SSSR count). The standard InChI is InChI=1S/C10H16O5/c1-7(11)4-10(5-8(2)12)15-6-14-9(3)13/h10H,4-6H2,1-3H3. The Labute approximate surface area is 88.7 Å². The van der Waals surface area contributed by atoms with Crippen molar-refractivity contribution in [1.82, 2.24) is 0 Å². The van der Waals surface area contributed by atoms with E-state index >= 15 is 0 Å². The van der Waals surface area contributed by atoms with Crippen LogP contribution in [0.2, 0.25) is 0 Å². The van der Waals surface area contributed by atoms with Crippen molar-refractivity contribution in [2.45, 2.75) is 39.7 Å². The molecule has 0 spiro atoms. The van der Waals surface area contributed by atoms with E-state index in [0.29, 0.717) is 0 Å². The molecule has 0 atom stereocenters. The molecular weight excluding hydrogens is 200 g/mol. The molecule has 0 unspecified atom stereocenters. The molecule has 0 bridgehead atoms. The smallest absolute Gasteiger partial charge is 0.304 e. The first-order valence-electron chi connectivity index (χ1n) is 4.65. The fourth-order valence-corrected chi connectivity index (χ4v) is 1.04. The van der Waals surface area contributed by atoms with Gasteiger partial charge in [0.25, 0.3) is 0 Å². The maximum absolute atomic E-state index is 10.8. The minimum Gasteiger partial charge on any atom is -0.439 e. The van der Waals surface area contributed by atoms with Crippen LogP contribution in [-0.4, -0.2) is 30.4 Å². The van der Waals surface area contributed by atoms with Gasteiger partial charge in [0.1, 0.15) is 11.6 Å². The maximum Gasteiger partial charge on any atom is 0.304 e. The van der Waals surface area contributed by atoms with Crippen LogP contribution in [0.3, 0.4) is 0 Å². The number of carbonyl (C=O) groups excluding carboxylic acids is 3. The van der Waals surface area contributed by atoms with E-state index in [2.05, 4.69) is 4.74 Å². The predicted molar refractivity (Wildman–Crippen MR) is 52.1 cm³/mol. The second kappa shape index (κ2) is 7.11. The first-order valence-corrected chi connectivity index (χ1v) is 4.65. The minimum atomic E-state index is -0.501. The van der Waals surface area contributed by atoms with Gasteiger partial charge in [0, 0.05) is 19.8 Å². The number of ether oxygens (including phenoxy) is 2. The normalized spacial score (nSPS) is 10.1. The predicted octanol–water partition coefficient (Wildman–Crippen LogP) is 0.850. The van der Waals surface area contributed by atoms with E-state index in [0.717, 1.165) is 0 Å². The summed E-state index contributed by atoms with van der Waals surface area (Å²) in [6.07, 6.45) is -0.193. The number of hydrogen-bond acceptors (Lipinski definition) is 5. The van der Waals surface area contributed by atoms with Gasteiger partial charge in [-0.3, -0.25) is 14.4 Å². The summed E-state index contributed by atoms with van der Waals surface area (Å²) in [6.45, 7) is 3.87. The molecule has 0 aromatic heterocycles. The van der Waals surface area contributed by atoms with Crippen molar-refractivity contribution in [2.75, 3.05) is 6.79 Å². The van der Waals surface area contributed by atoms with Gasteiger partial charge < -0.3 is 9.47 Å². The van der Waals surface area contributed by atoms with Gasteiger partial charge in [0.05, 0.1) is 6.10 Å². The molecule has 0 aliphatic carbocycles. The highest BCUT2D eigenvalue weighted by atomic mass is 16.7. The molecule has 5 heteroatoms. The summed E-state index contributed by atoms with van der Waals surface area (Å²) >= 11 is 0. The summed E-state index contributed by atoms with van der Waals surface area (Å²) in [5.41, 5.74) is 0. The number of hydrogen-bond donors (Lipinski definition) is 0. The van der Waals surface area contributed by atoms with Gasteiger partial charge in [-0.05, 0) is 13.8 Å². The van der Waals surface area contributed by atoms with Crippen LogP contribution in [0.5, 0.6) is 0 Å². The Balaban J connectivity index is 3.94. The van der Waals surface area contributed by atoms with Crippen LogP contribution < -0.4 is 0 Å². The fourth-order valence-electron chi connectivity index (χ4n) is 1.04. The van der Waals surface area contributed by atoms with Crippen LogP contribution >= 0.6 is 0 Å². The lowest BCUT2D eigenvalue weighted by Crippen LogP contribution is -2.21. The number of ketones is 2. The van der Waals surface area contributed by atoms with Crippen molar-refractivity contribution in [3.05, 3.63) is 0 Å². The summed E-state index contributed by atoms with van der Waals surface area (Å²) in [4.78, 5) is 32.1. The molecule has 0 N–H and O–H groups in total. The Hall–Kier alpha value is -1.23. The van der Waals surface area contributed by atoms with E-state index in [1.807, 2.05) is 0 Å². The topological polar surface area (TPSA) is 69.7 Å². The Morgan fingerprint density at radius 2 is 1.47 bits per heavy atom. The van der Waals surface area contributed by atoms with Crippen LogP contribution in [0, 0.1) is 0 Å². The fraction of sp³-hybridized carbons (Fsp3) is 0.700. The third-order valence-corrected chi connectivity index (χ3v) is 1.60. The Bertz CT molecular complexity index is 230. The Morgan fingerprint density at radius 1 is 1.00 bits per heavy atom. The van der Waals surface area contributed by atoms with Gasteiger partial charge in [0.2, 0.25) is 0 Å².